The number of carbonyl (C=O) groups is 1. The third-order valence-electron chi connectivity index (χ3n) is 2.65. The van der Waals surface area contributed by atoms with Gasteiger partial charge in [-0.15, -0.1) is 0 Å². The zero-order chi connectivity index (χ0) is 13.5. The smallest absolute Gasteiger partial charge is 0.251 e. The zero-order valence-corrected chi connectivity index (χ0v) is 13.6. The van der Waals surface area contributed by atoms with E-state index in [0.29, 0.717) is 12.1 Å². The number of hydrogen-bond donors (Lipinski definition) is 2. The number of halogens is 2. The van der Waals surface area contributed by atoms with E-state index >= 15 is 0 Å². The van der Waals surface area contributed by atoms with Crippen LogP contribution in [-0.4, -0.2) is 18.5 Å². The van der Waals surface area contributed by atoms with Gasteiger partial charge in [0.25, 0.3) is 5.91 Å². The Morgan fingerprint density at radius 2 is 1.94 bits per heavy atom. The van der Waals surface area contributed by atoms with Crippen molar-refractivity contribution in [1.29, 1.82) is 0 Å². The molecule has 0 radical (unpaired) electrons. The first-order valence-corrected chi connectivity index (χ1v) is 7.62. The van der Waals surface area contributed by atoms with Crippen molar-refractivity contribution in [3.63, 3.8) is 0 Å². The standard InChI is InChI=1S/C13H18Br2N2O/c1-2-3-4-12(8-16)17-13(18)9-5-10(14)7-11(15)6-9/h5-7,12H,2-4,8,16H2,1H3,(H,17,18). The van der Waals surface area contributed by atoms with Crippen molar-refractivity contribution < 1.29 is 4.79 Å². The molecule has 0 aliphatic rings. The van der Waals surface area contributed by atoms with Gasteiger partial charge in [0.2, 0.25) is 0 Å². The largest absolute Gasteiger partial charge is 0.348 e. The summed E-state index contributed by atoms with van der Waals surface area (Å²) in [5.41, 5.74) is 6.30. The van der Waals surface area contributed by atoms with Crippen molar-refractivity contribution >= 4 is 37.8 Å². The van der Waals surface area contributed by atoms with Crippen LogP contribution in [0.2, 0.25) is 0 Å². The summed E-state index contributed by atoms with van der Waals surface area (Å²) < 4.78 is 1.75. The number of hydrogen-bond acceptors (Lipinski definition) is 2. The molecule has 1 atom stereocenters. The Hall–Kier alpha value is -0.390. The first kappa shape index (κ1) is 15.7. The Morgan fingerprint density at radius 1 is 1.33 bits per heavy atom. The summed E-state index contributed by atoms with van der Waals surface area (Å²) in [7, 11) is 0. The monoisotopic (exact) mass is 376 g/mol. The van der Waals surface area contributed by atoms with E-state index in [1.807, 2.05) is 6.07 Å². The van der Waals surface area contributed by atoms with Gasteiger partial charge in [-0.1, -0.05) is 51.6 Å². The molecule has 1 rings (SSSR count). The fourth-order valence-electron chi connectivity index (χ4n) is 1.65. The van der Waals surface area contributed by atoms with Gasteiger partial charge in [-0.25, -0.2) is 0 Å². The lowest BCUT2D eigenvalue weighted by molar-refractivity contribution is 0.0935. The Morgan fingerprint density at radius 3 is 2.44 bits per heavy atom. The summed E-state index contributed by atoms with van der Waals surface area (Å²) >= 11 is 6.74. The van der Waals surface area contributed by atoms with Crippen LogP contribution >= 0.6 is 31.9 Å². The van der Waals surface area contributed by atoms with Crippen LogP contribution in [-0.2, 0) is 0 Å². The third kappa shape index (κ3) is 5.08. The van der Waals surface area contributed by atoms with E-state index in [4.69, 9.17) is 5.73 Å². The average Bonchev–Trinajstić information content (AvgIpc) is 2.32. The van der Waals surface area contributed by atoms with E-state index in [2.05, 4.69) is 44.1 Å². The second kappa shape index (κ2) is 7.92. The fraction of sp³-hybridized carbons (Fsp3) is 0.462. The lowest BCUT2D eigenvalue weighted by atomic mass is 10.1. The topological polar surface area (TPSA) is 55.1 Å². The van der Waals surface area contributed by atoms with E-state index in [1.54, 1.807) is 12.1 Å². The van der Waals surface area contributed by atoms with Crippen LogP contribution in [0.25, 0.3) is 0 Å². The molecule has 1 aromatic rings. The van der Waals surface area contributed by atoms with E-state index in [0.717, 1.165) is 28.2 Å². The molecule has 5 heteroatoms. The van der Waals surface area contributed by atoms with Crippen LogP contribution < -0.4 is 11.1 Å². The molecule has 0 aliphatic carbocycles. The minimum atomic E-state index is -0.0800. The molecule has 18 heavy (non-hydrogen) atoms. The van der Waals surface area contributed by atoms with Crippen LogP contribution in [0.1, 0.15) is 36.5 Å². The van der Waals surface area contributed by atoms with Crippen LogP contribution in [0.15, 0.2) is 27.1 Å². The maximum atomic E-state index is 12.1. The summed E-state index contributed by atoms with van der Waals surface area (Å²) in [4.78, 5) is 12.1. The second-order valence-corrected chi connectivity index (χ2v) is 6.04. The first-order valence-electron chi connectivity index (χ1n) is 6.03. The molecule has 0 heterocycles. The highest BCUT2D eigenvalue weighted by Gasteiger charge is 2.12. The zero-order valence-electron chi connectivity index (χ0n) is 10.4. The van der Waals surface area contributed by atoms with Crippen molar-refractivity contribution in [2.45, 2.75) is 32.2 Å². The maximum absolute atomic E-state index is 12.1. The molecule has 0 fully saturated rings. The number of benzene rings is 1. The van der Waals surface area contributed by atoms with Crippen molar-refractivity contribution in [1.82, 2.24) is 5.32 Å². The van der Waals surface area contributed by atoms with Crippen LogP contribution in [0, 0.1) is 0 Å². The average molecular weight is 378 g/mol. The SMILES string of the molecule is CCCCC(CN)NC(=O)c1cc(Br)cc(Br)c1. The number of nitrogens with one attached hydrogen (secondary N) is 1. The molecule has 0 aliphatic heterocycles. The molecule has 0 spiro atoms. The van der Waals surface area contributed by atoms with E-state index in [1.165, 1.54) is 0 Å². The number of unbranched alkanes of at least 4 members (excludes halogenated alkanes) is 1. The highest BCUT2D eigenvalue weighted by Crippen LogP contribution is 2.20. The van der Waals surface area contributed by atoms with Crippen molar-refractivity contribution in [2.75, 3.05) is 6.54 Å². The minimum Gasteiger partial charge on any atom is -0.348 e. The van der Waals surface area contributed by atoms with Crippen LogP contribution in [0.4, 0.5) is 0 Å². The van der Waals surface area contributed by atoms with Gasteiger partial charge >= 0.3 is 0 Å². The molecule has 100 valence electrons. The lowest BCUT2D eigenvalue weighted by Gasteiger charge is -2.16. The fourth-order valence-corrected chi connectivity index (χ4v) is 2.95. The van der Waals surface area contributed by atoms with Crippen molar-refractivity contribution in [3.8, 4) is 0 Å². The molecule has 0 saturated carbocycles. The summed E-state index contributed by atoms with van der Waals surface area (Å²) in [6, 6.07) is 5.55. The second-order valence-electron chi connectivity index (χ2n) is 4.21. The molecule has 1 amide bonds. The predicted octanol–water partition coefficient (Wildman–Crippen LogP) is 3.46. The Kier molecular flexibility index (Phi) is 6.89. The summed E-state index contributed by atoms with van der Waals surface area (Å²) in [6.07, 6.45) is 3.10. The van der Waals surface area contributed by atoms with Crippen molar-refractivity contribution in [3.05, 3.63) is 32.7 Å². The number of amides is 1. The Balaban J connectivity index is 2.68. The first-order chi connectivity index (χ1) is 8.56. The summed E-state index contributed by atoms with van der Waals surface area (Å²) in [6.45, 7) is 2.60. The third-order valence-corrected chi connectivity index (χ3v) is 3.57. The number of carbonyl (C=O) groups excluding carboxylic acids is 1. The van der Waals surface area contributed by atoms with Gasteiger partial charge in [-0.05, 0) is 24.6 Å². The van der Waals surface area contributed by atoms with Gasteiger partial charge in [0.15, 0.2) is 0 Å². The molecule has 3 nitrogen and oxygen atoms in total. The molecule has 1 aromatic carbocycles. The molecular weight excluding hydrogens is 360 g/mol. The van der Waals surface area contributed by atoms with Gasteiger partial charge < -0.3 is 11.1 Å². The highest BCUT2D eigenvalue weighted by molar-refractivity contribution is 9.11. The number of rotatable bonds is 6. The van der Waals surface area contributed by atoms with Gasteiger partial charge in [0, 0.05) is 27.1 Å². The van der Waals surface area contributed by atoms with Crippen molar-refractivity contribution in [2.24, 2.45) is 5.73 Å². The summed E-state index contributed by atoms with van der Waals surface area (Å²) in [5, 5.41) is 2.97. The molecule has 1 unspecified atom stereocenters. The van der Waals surface area contributed by atoms with Gasteiger partial charge in [-0.3, -0.25) is 4.79 Å². The Bertz CT molecular complexity index is 390. The Labute approximate surface area is 125 Å². The quantitative estimate of drug-likeness (QED) is 0.797. The van der Waals surface area contributed by atoms with Gasteiger partial charge in [0.05, 0.1) is 0 Å². The molecule has 0 saturated heterocycles. The van der Waals surface area contributed by atoms with Gasteiger partial charge in [-0.2, -0.15) is 0 Å². The minimum absolute atomic E-state index is 0.0511. The normalized spacial score (nSPS) is 12.2. The molecule has 3 N–H and O–H groups in total. The van der Waals surface area contributed by atoms with E-state index < -0.39 is 0 Å². The van der Waals surface area contributed by atoms with Crippen LogP contribution in [0.5, 0.6) is 0 Å². The van der Waals surface area contributed by atoms with Crippen LogP contribution in [0.3, 0.4) is 0 Å². The van der Waals surface area contributed by atoms with Gasteiger partial charge in [0.1, 0.15) is 0 Å². The molecular formula is C13H18Br2N2O. The van der Waals surface area contributed by atoms with E-state index in [-0.39, 0.29) is 11.9 Å². The number of nitrogens with two attached hydrogens (primary N) is 1. The maximum Gasteiger partial charge on any atom is 0.251 e. The lowest BCUT2D eigenvalue weighted by Crippen LogP contribution is -2.40. The highest BCUT2D eigenvalue weighted by atomic mass is 79.9. The van der Waals surface area contributed by atoms with E-state index in [9.17, 15) is 4.79 Å². The molecule has 0 bridgehead atoms. The molecule has 0 aromatic heterocycles. The predicted molar refractivity (Wildman–Crippen MR) is 81.7 cm³/mol. The summed E-state index contributed by atoms with van der Waals surface area (Å²) in [5.74, 6) is -0.0800.